The summed E-state index contributed by atoms with van der Waals surface area (Å²) in [5, 5.41) is 6.11. The van der Waals surface area contributed by atoms with Gasteiger partial charge in [0.05, 0.1) is 6.42 Å². The van der Waals surface area contributed by atoms with Crippen molar-refractivity contribution < 1.29 is 9.59 Å². The molecular formula is C16H15ClN2O2. The average molecular weight is 303 g/mol. The van der Waals surface area contributed by atoms with Gasteiger partial charge in [-0.3, -0.25) is 9.59 Å². The molecule has 0 aromatic heterocycles. The Bertz CT molecular complexity index is 654. The van der Waals surface area contributed by atoms with E-state index in [1.807, 2.05) is 12.1 Å². The van der Waals surface area contributed by atoms with Crippen molar-refractivity contribution in [3.05, 3.63) is 59.1 Å². The third kappa shape index (κ3) is 4.93. The van der Waals surface area contributed by atoms with Crippen LogP contribution in [-0.4, -0.2) is 11.8 Å². The molecule has 0 aliphatic rings. The summed E-state index contributed by atoms with van der Waals surface area (Å²) in [5.41, 5.74) is 2.17. The summed E-state index contributed by atoms with van der Waals surface area (Å²) in [6, 6.07) is 14.1. The molecule has 0 saturated heterocycles. The molecule has 2 aromatic carbocycles. The molecule has 0 atom stereocenters. The van der Waals surface area contributed by atoms with Crippen LogP contribution in [0.4, 0.5) is 11.4 Å². The van der Waals surface area contributed by atoms with E-state index in [2.05, 4.69) is 10.6 Å². The van der Waals surface area contributed by atoms with Gasteiger partial charge in [0, 0.05) is 23.3 Å². The Morgan fingerprint density at radius 1 is 1.00 bits per heavy atom. The molecule has 2 amide bonds. The molecule has 2 N–H and O–H groups in total. The van der Waals surface area contributed by atoms with E-state index in [-0.39, 0.29) is 18.2 Å². The highest BCUT2D eigenvalue weighted by Gasteiger charge is 2.05. The minimum absolute atomic E-state index is 0.128. The number of carbonyl (C=O) groups excluding carboxylic acids is 2. The molecule has 0 spiro atoms. The van der Waals surface area contributed by atoms with Gasteiger partial charge in [0.15, 0.2) is 0 Å². The van der Waals surface area contributed by atoms with Crippen molar-refractivity contribution in [1.82, 2.24) is 0 Å². The molecule has 0 unspecified atom stereocenters. The van der Waals surface area contributed by atoms with Gasteiger partial charge in [-0.2, -0.15) is 0 Å². The number of hydrogen-bond donors (Lipinski definition) is 2. The Morgan fingerprint density at radius 3 is 2.24 bits per heavy atom. The third-order valence-electron chi connectivity index (χ3n) is 2.74. The first-order valence-electron chi connectivity index (χ1n) is 6.45. The van der Waals surface area contributed by atoms with Gasteiger partial charge in [-0.1, -0.05) is 29.8 Å². The number of amides is 2. The summed E-state index contributed by atoms with van der Waals surface area (Å²) in [6.45, 7) is 1.44. The first-order chi connectivity index (χ1) is 10.0. The fourth-order valence-electron chi connectivity index (χ4n) is 1.87. The lowest BCUT2D eigenvalue weighted by Gasteiger charge is -2.08. The fourth-order valence-corrected chi connectivity index (χ4v) is 2.00. The monoisotopic (exact) mass is 302 g/mol. The second-order valence-corrected chi connectivity index (χ2v) is 5.05. The van der Waals surface area contributed by atoms with E-state index in [4.69, 9.17) is 11.6 Å². The average Bonchev–Trinajstić information content (AvgIpc) is 2.41. The molecule has 0 heterocycles. The lowest BCUT2D eigenvalue weighted by Crippen LogP contribution is -2.14. The smallest absolute Gasteiger partial charge is 0.228 e. The number of benzene rings is 2. The summed E-state index contributed by atoms with van der Waals surface area (Å²) in [5.74, 6) is -0.281. The Kier molecular flexibility index (Phi) is 4.95. The molecule has 4 nitrogen and oxygen atoms in total. The van der Waals surface area contributed by atoms with Crippen molar-refractivity contribution in [2.45, 2.75) is 13.3 Å². The van der Waals surface area contributed by atoms with Gasteiger partial charge in [-0.25, -0.2) is 0 Å². The van der Waals surface area contributed by atoms with Gasteiger partial charge in [-0.05, 0) is 35.9 Å². The van der Waals surface area contributed by atoms with Crippen molar-refractivity contribution in [3.8, 4) is 0 Å². The minimum Gasteiger partial charge on any atom is -0.326 e. The predicted molar refractivity (Wildman–Crippen MR) is 84.5 cm³/mol. The summed E-state index contributed by atoms with van der Waals surface area (Å²) >= 11 is 5.80. The fraction of sp³-hybridized carbons (Fsp3) is 0.125. The van der Waals surface area contributed by atoms with Gasteiger partial charge in [0.1, 0.15) is 0 Å². The molecule has 0 radical (unpaired) electrons. The van der Waals surface area contributed by atoms with Crippen LogP contribution in [0.15, 0.2) is 48.5 Å². The molecule has 21 heavy (non-hydrogen) atoms. The number of nitrogens with one attached hydrogen (secondary N) is 2. The number of rotatable bonds is 4. The second-order valence-electron chi connectivity index (χ2n) is 4.61. The van der Waals surface area contributed by atoms with Crippen LogP contribution in [0.2, 0.25) is 5.02 Å². The molecule has 108 valence electrons. The maximum atomic E-state index is 12.0. The SMILES string of the molecule is CC(=O)Nc1cccc(NC(=O)Cc2ccc(Cl)cc2)c1. The van der Waals surface area contributed by atoms with Gasteiger partial charge >= 0.3 is 0 Å². The van der Waals surface area contributed by atoms with Crippen LogP contribution in [0.3, 0.4) is 0 Å². The van der Waals surface area contributed by atoms with E-state index in [9.17, 15) is 9.59 Å². The highest BCUT2D eigenvalue weighted by Crippen LogP contribution is 2.16. The molecule has 0 fully saturated rings. The Morgan fingerprint density at radius 2 is 1.62 bits per heavy atom. The molecule has 0 saturated carbocycles. The summed E-state index contributed by atoms with van der Waals surface area (Å²) in [7, 11) is 0. The van der Waals surface area contributed by atoms with E-state index in [0.29, 0.717) is 16.4 Å². The number of halogens is 1. The second kappa shape index (κ2) is 6.90. The normalized spacial score (nSPS) is 10.0. The Hall–Kier alpha value is -2.33. The van der Waals surface area contributed by atoms with E-state index in [1.54, 1.807) is 36.4 Å². The number of hydrogen-bond acceptors (Lipinski definition) is 2. The van der Waals surface area contributed by atoms with E-state index in [1.165, 1.54) is 6.92 Å². The minimum atomic E-state index is -0.153. The first kappa shape index (κ1) is 15.1. The lowest BCUT2D eigenvalue weighted by atomic mass is 10.1. The van der Waals surface area contributed by atoms with Gasteiger partial charge in [0.25, 0.3) is 0 Å². The highest BCUT2D eigenvalue weighted by molar-refractivity contribution is 6.30. The first-order valence-corrected chi connectivity index (χ1v) is 6.83. The van der Waals surface area contributed by atoms with Crippen LogP contribution in [0, 0.1) is 0 Å². The van der Waals surface area contributed by atoms with Crippen LogP contribution in [0.5, 0.6) is 0 Å². The number of anilines is 2. The predicted octanol–water partition coefficient (Wildman–Crippen LogP) is 3.48. The van der Waals surface area contributed by atoms with Crippen LogP contribution in [-0.2, 0) is 16.0 Å². The van der Waals surface area contributed by atoms with Crippen LogP contribution in [0.25, 0.3) is 0 Å². The van der Waals surface area contributed by atoms with E-state index in [0.717, 1.165) is 5.56 Å². The Balaban J connectivity index is 1.99. The van der Waals surface area contributed by atoms with Crippen LogP contribution >= 0.6 is 11.6 Å². The van der Waals surface area contributed by atoms with Crippen LogP contribution in [0.1, 0.15) is 12.5 Å². The molecule has 0 bridgehead atoms. The highest BCUT2D eigenvalue weighted by atomic mass is 35.5. The van der Waals surface area contributed by atoms with Crippen molar-refractivity contribution in [2.75, 3.05) is 10.6 Å². The van der Waals surface area contributed by atoms with Crippen molar-refractivity contribution in [1.29, 1.82) is 0 Å². The summed E-state index contributed by atoms with van der Waals surface area (Å²) in [4.78, 5) is 23.0. The zero-order chi connectivity index (χ0) is 15.2. The van der Waals surface area contributed by atoms with E-state index >= 15 is 0 Å². The summed E-state index contributed by atoms with van der Waals surface area (Å²) < 4.78 is 0. The standard InChI is InChI=1S/C16H15ClN2O2/c1-11(20)18-14-3-2-4-15(10-14)19-16(21)9-12-5-7-13(17)8-6-12/h2-8,10H,9H2,1H3,(H,18,20)(H,19,21). The van der Waals surface area contributed by atoms with Crippen molar-refractivity contribution in [3.63, 3.8) is 0 Å². The molecule has 0 aliphatic heterocycles. The molecular weight excluding hydrogens is 288 g/mol. The zero-order valence-corrected chi connectivity index (χ0v) is 12.3. The maximum Gasteiger partial charge on any atom is 0.228 e. The zero-order valence-electron chi connectivity index (χ0n) is 11.5. The van der Waals surface area contributed by atoms with Gasteiger partial charge < -0.3 is 10.6 Å². The third-order valence-corrected chi connectivity index (χ3v) is 3.00. The number of carbonyl (C=O) groups is 2. The molecule has 0 aliphatic carbocycles. The lowest BCUT2D eigenvalue weighted by molar-refractivity contribution is -0.115. The van der Waals surface area contributed by atoms with Gasteiger partial charge in [0.2, 0.25) is 11.8 Å². The van der Waals surface area contributed by atoms with Gasteiger partial charge in [-0.15, -0.1) is 0 Å². The van der Waals surface area contributed by atoms with Crippen molar-refractivity contribution >= 4 is 34.8 Å². The topological polar surface area (TPSA) is 58.2 Å². The maximum absolute atomic E-state index is 12.0. The molecule has 2 aromatic rings. The summed E-state index contributed by atoms with van der Waals surface area (Å²) in [6.07, 6.45) is 0.265. The Labute approximate surface area is 128 Å². The molecule has 5 heteroatoms. The molecule has 2 rings (SSSR count). The quantitative estimate of drug-likeness (QED) is 0.908. The van der Waals surface area contributed by atoms with Crippen molar-refractivity contribution in [2.24, 2.45) is 0 Å². The largest absolute Gasteiger partial charge is 0.326 e. The van der Waals surface area contributed by atoms with E-state index < -0.39 is 0 Å². The van der Waals surface area contributed by atoms with Crippen LogP contribution < -0.4 is 10.6 Å².